The Hall–Kier alpha value is -2.55. The number of carbonyl (C=O) groups excluding carboxylic acids is 1. The number of anilines is 1. The van der Waals surface area contributed by atoms with E-state index in [1.54, 1.807) is 7.11 Å². The summed E-state index contributed by atoms with van der Waals surface area (Å²) in [4.78, 5) is 15.0. The highest BCUT2D eigenvalue weighted by molar-refractivity contribution is 5.94. The molecular formula is C25H31NO2. The standard InChI is InChI=1S/C25H31NO2/c1-20(18-22-10-4-3-5-11-22)19-26(23-13-15-24(28-2)16-14-23)25(27)17-12-21-8-6-7-9-21/h3-5,10-11,13-16,18,21H,6-9,12,17,19H2,1-2H3/b20-18+. The van der Waals surface area contributed by atoms with E-state index in [1.807, 2.05) is 47.4 Å². The van der Waals surface area contributed by atoms with Gasteiger partial charge in [0.15, 0.2) is 0 Å². The van der Waals surface area contributed by atoms with Crippen LogP contribution < -0.4 is 9.64 Å². The maximum absolute atomic E-state index is 13.1. The number of rotatable bonds is 8. The SMILES string of the molecule is COc1ccc(N(C/C(C)=C/c2ccccc2)C(=O)CCC2CCCC2)cc1. The fourth-order valence-corrected chi connectivity index (χ4v) is 3.98. The first-order valence-corrected chi connectivity index (χ1v) is 10.3. The van der Waals surface area contributed by atoms with Gasteiger partial charge < -0.3 is 9.64 Å². The molecule has 3 nitrogen and oxygen atoms in total. The number of ether oxygens (including phenoxy) is 1. The fraction of sp³-hybridized carbons (Fsp3) is 0.400. The molecule has 1 amide bonds. The van der Waals surface area contributed by atoms with Crippen LogP contribution in [0, 0.1) is 5.92 Å². The van der Waals surface area contributed by atoms with Gasteiger partial charge in [-0.3, -0.25) is 4.79 Å². The second-order valence-electron chi connectivity index (χ2n) is 7.77. The summed E-state index contributed by atoms with van der Waals surface area (Å²) in [7, 11) is 1.66. The van der Waals surface area contributed by atoms with Gasteiger partial charge in [-0.15, -0.1) is 0 Å². The van der Waals surface area contributed by atoms with Crippen LogP contribution in [0.3, 0.4) is 0 Å². The van der Waals surface area contributed by atoms with Crippen LogP contribution in [0.25, 0.3) is 6.08 Å². The minimum absolute atomic E-state index is 0.206. The monoisotopic (exact) mass is 377 g/mol. The highest BCUT2D eigenvalue weighted by Gasteiger charge is 2.20. The van der Waals surface area contributed by atoms with E-state index in [2.05, 4.69) is 25.1 Å². The van der Waals surface area contributed by atoms with E-state index in [0.29, 0.717) is 13.0 Å². The summed E-state index contributed by atoms with van der Waals surface area (Å²) in [6.45, 7) is 2.69. The molecule has 0 radical (unpaired) electrons. The number of carbonyl (C=O) groups is 1. The molecule has 0 spiro atoms. The van der Waals surface area contributed by atoms with Crippen LogP contribution in [-0.4, -0.2) is 19.6 Å². The predicted molar refractivity (Wildman–Crippen MR) is 117 cm³/mol. The van der Waals surface area contributed by atoms with Gasteiger partial charge in [0.25, 0.3) is 0 Å². The summed E-state index contributed by atoms with van der Waals surface area (Å²) in [5.74, 6) is 1.74. The fourth-order valence-electron chi connectivity index (χ4n) is 3.98. The minimum atomic E-state index is 0.206. The van der Waals surface area contributed by atoms with E-state index in [4.69, 9.17) is 4.74 Å². The normalized spacial score (nSPS) is 14.9. The molecule has 0 unspecified atom stereocenters. The van der Waals surface area contributed by atoms with Crippen LogP contribution in [0.2, 0.25) is 0 Å². The van der Waals surface area contributed by atoms with E-state index >= 15 is 0 Å². The van der Waals surface area contributed by atoms with E-state index in [0.717, 1.165) is 34.9 Å². The Bertz CT molecular complexity index is 774. The maximum atomic E-state index is 13.1. The van der Waals surface area contributed by atoms with Gasteiger partial charge in [-0.05, 0) is 49.1 Å². The van der Waals surface area contributed by atoms with Gasteiger partial charge in [-0.2, -0.15) is 0 Å². The van der Waals surface area contributed by atoms with Crippen molar-refractivity contribution in [3.63, 3.8) is 0 Å². The Morgan fingerprint density at radius 2 is 1.75 bits per heavy atom. The highest BCUT2D eigenvalue weighted by Crippen LogP contribution is 2.29. The van der Waals surface area contributed by atoms with Gasteiger partial charge in [0.05, 0.1) is 7.11 Å². The molecule has 0 saturated heterocycles. The topological polar surface area (TPSA) is 29.5 Å². The molecule has 0 atom stereocenters. The van der Waals surface area contributed by atoms with Crippen molar-refractivity contribution in [1.82, 2.24) is 0 Å². The number of nitrogens with zero attached hydrogens (tertiary/aromatic N) is 1. The molecule has 1 fully saturated rings. The van der Waals surface area contributed by atoms with Crippen molar-refractivity contribution in [1.29, 1.82) is 0 Å². The number of hydrogen-bond donors (Lipinski definition) is 0. The molecule has 1 aliphatic carbocycles. The summed E-state index contributed by atoms with van der Waals surface area (Å²) in [5.41, 5.74) is 3.25. The van der Waals surface area contributed by atoms with Crippen molar-refractivity contribution >= 4 is 17.7 Å². The first kappa shape index (κ1) is 20.2. The van der Waals surface area contributed by atoms with Crippen LogP contribution >= 0.6 is 0 Å². The molecule has 0 aliphatic heterocycles. The van der Waals surface area contributed by atoms with Crippen LogP contribution in [0.4, 0.5) is 5.69 Å². The third-order valence-corrected chi connectivity index (χ3v) is 5.55. The largest absolute Gasteiger partial charge is 0.497 e. The van der Waals surface area contributed by atoms with Gasteiger partial charge in [0.2, 0.25) is 5.91 Å². The lowest BCUT2D eigenvalue weighted by Gasteiger charge is -2.24. The Labute approximate surface area is 169 Å². The summed E-state index contributed by atoms with van der Waals surface area (Å²) in [6, 6.07) is 18.0. The van der Waals surface area contributed by atoms with Crippen molar-refractivity contribution in [2.45, 2.75) is 45.4 Å². The zero-order valence-electron chi connectivity index (χ0n) is 17.1. The lowest BCUT2D eigenvalue weighted by atomic mass is 10.0. The average Bonchev–Trinajstić information content (AvgIpc) is 3.25. The predicted octanol–water partition coefficient (Wildman–Crippen LogP) is 6.10. The van der Waals surface area contributed by atoms with Gasteiger partial charge in [0, 0.05) is 18.7 Å². The zero-order valence-corrected chi connectivity index (χ0v) is 17.1. The molecule has 3 rings (SSSR count). The zero-order chi connectivity index (χ0) is 19.8. The van der Waals surface area contributed by atoms with E-state index in [-0.39, 0.29) is 5.91 Å². The third-order valence-electron chi connectivity index (χ3n) is 5.55. The Kier molecular flexibility index (Phi) is 7.30. The van der Waals surface area contributed by atoms with E-state index in [9.17, 15) is 4.79 Å². The van der Waals surface area contributed by atoms with Crippen molar-refractivity contribution in [2.24, 2.45) is 5.92 Å². The second kappa shape index (κ2) is 10.1. The molecule has 1 saturated carbocycles. The molecule has 0 N–H and O–H groups in total. The van der Waals surface area contributed by atoms with Crippen LogP contribution in [0.1, 0.15) is 51.0 Å². The summed E-state index contributed by atoms with van der Waals surface area (Å²) in [5, 5.41) is 0. The highest BCUT2D eigenvalue weighted by atomic mass is 16.5. The summed E-state index contributed by atoms with van der Waals surface area (Å²) < 4.78 is 5.27. The number of amides is 1. The minimum Gasteiger partial charge on any atom is -0.497 e. The Morgan fingerprint density at radius 3 is 2.39 bits per heavy atom. The summed E-state index contributed by atoms with van der Waals surface area (Å²) in [6.07, 6.45) is 8.98. The van der Waals surface area contributed by atoms with Gasteiger partial charge in [-0.25, -0.2) is 0 Å². The smallest absolute Gasteiger partial charge is 0.227 e. The molecule has 2 aromatic carbocycles. The van der Waals surface area contributed by atoms with Crippen molar-refractivity contribution in [3.8, 4) is 5.75 Å². The van der Waals surface area contributed by atoms with E-state index < -0.39 is 0 Å². The first-order chi connectivity index (χ1) is 13.7. The quantitative estimate of drug-likeness (QED) is 0.556. The first-order valence-electron chi connectivity index (χ1n) is 10.3. The third kappa shape index (κ3) is 5.72. The Balaban J connectivity index is 1.74. The molecule has 2 aromatic rings. The molecular weight excluding hydrogens is 346 g/mol. The second-order valence-corrected chi connectivity index (χ2v) is 7.77. The van der Waals surface area contributed by atoms with Gasteiger partial charge in [-0.1, -0.05) is 67.7 Å². The number of methoxy groups -OCH3 is 1. The maximum Gasteiger partial charge on any atom is 0.227 e. The van der Waals surface area contributed by atoms with Crippen molar-refractivity contribution < 1.29 is 9.53 Å². The van der Waals surface area contributed by atoms with Gasteiger partial charge >= 0.3 is 0 Å². The van der Waals surface area contributed by atoms with Gasteiger partial charge in [0.1, 0.15) is 5.75 Å². The molecule has 0 heterocycles. The average molecular weight is 378 g/mol. The number of hydrogen-bond acceptors (Lipinski definition) is 2. The van der Waals surface area contributed by atoms with Crippen LogP contribution in [0.5, 0.6) is 5.75 Å². The van der Waals surface area contributed by atoms with Crippen LogP contribution in [-0.2, 0) is 4.79 Å². The molecule has 148 valence electrons. The molecule has 0 bridgehead atoms. The Morgan fingerprint density at radius 1 is 1.07 bits per heavy atom. The van der Waals surface area contributed by atoms with Crippen molar-refractivity contribution in [3.05, 3.63) is 65.7 Å². The van der Waals surface area contributed by atoms with E-state index in [1.165, 1.54) is 25.7 Å². The summed E-state index contributed by atoms with van der Waals surface area (Å²) >= 11 is 0. The number of benzene rings is 2. The lowest BCUT2D eigenvalue weighted by molar-refractivity contribution is -0.118. The molecule has 3 heteroatoms. The van der Waals surface area contributed by atoms with Crippen LogP contribution in [0.15, 0.2) is 60.2 Å². The molecule has 1 aliphatic rings. The molecule has 28 heavy (non-hydrogen) atoms. The van der Waals surface area contributed by atoms with Crippen molar-refractivity contribution in [2.75, 3.05) is 18.6 Å². The lowest BCUT2D eigenvalue weighted by Crippen LogP contribution is -2.32. The molecule has 0 aromatic heterocycles.